The lowest BCUT2D eigenvalue weighted by Crippen LogP contribution is -2.30. The zero-order valence-electron chi connectivity index (χ0n) is 12.0. The molecule has 0 atom stereocenters. The predicted molar refractivity (Wildman–Crippen MR) is 76.0 cm³/mol. The summed E-state index contributed by atoms with van der Waals surface area (Å²) in [6.45, 7) is 2.97. The minimum atomic E-state index is -0.437. The lowest BCUT2D eigenvalue weighted by atomic mass is 10.1. The molecule has 2 N–H and O–H groups in total. The number of hydrogen-bond donors (Lipinski definition) is 2. The first kappa shape index (κ1) is 16.0. The normalized spacial score (nSPS) is 9.95. The number of amides is 2. The van der Waals surface area contributed by atoms with Gasteiger partial charge in [0.25, 0.3) is 0 Å². The van der Waals surface area contributed by atoms with Gasteiger partial charge in [-0.25, -0.2) is 9.59 Å². The van der Waals surface area contributed by atoms with Crippen LogP contribution < -0.4 is 10.6 Å². The van der Waals surface area contributed by atoms with Crippen molar-refractivity contribution in [3.8, 4) is 0 Å². The van der Waals surface area contributed by atoms with E-state index in [1.807, 2.05) is 6.92 Å². The molecule has 0 aliphatic carbocycles. The molecule has 2 amide bonds. The third-order valence-electron chi connectivity index (χ3n) is 2.72. The van der Waals surface area contributed by atoms with Crippen LogP contribution in [-0.2, 0) is 9.47 Å². The molecule has 0 aliphatic rings. The van der Waals surface area contributed by atoms with E-state index < -0.39 is 5.97 Å². The van der Waals surface area contributed by atoms with Crippen LogP contribution in [0.2, 0.25) is 0 Å². The molecule has 6 nitrogen and oxygen atoms in total. The molecule has 0 fully saturated rings. The number of methoxy groups -OCH3 is 2. The van der Waals surface area contributed by atoms with Gasteiger partial charge in [0.2, 0.25) is 0 Å². The molecule has 0 radical (unpaired) electrons. The highest BCUT2D eigenvalue weighted by Gasteiger charge is 2.09. The van der Waals surface area contributed by atoms with Crippen LogP contribution in [0.15, 0.2) is 18.2 Å². The Morgan fingerprint density at radius 2 is 2.00 bits per heavy atom. The van der Waals surface area contributed by atoms with Crippen molar-refractivity contribution in [1.82, 2.24) is 5.32 Å². The third-order valence-corrected chi connectivity index (χ3v) is 2.72. The fourth-order valence-corrected chi connectivity index (χ4v) is 1.59. The van der Waals surface area contributed by atoms with Gasteiger partial charge in [-0.15, -0.1) is 0 Å². The van der Waals surface area contributed by atoms with Gasteiger partial charge in [0.15, 0.2) is 0 Å². The number of benzene rings is 1. The summed E-state index contributed by atoms with van der Waals surface area (Å²) in [6.07, 6.45) is 0.741. The van der Waals surface area contributed by atoms with Gasteiger partial charge in [-0.3, -0.25) is 0 Å². The first-order valence-electron chi connectivity index (χ1n) is 6.31. The minimum absolute atomic E-state index is 0.314. The second kappa shape index (κ2) is 8.16. The van der Waals surface area contributed by atoms with E-state index in [4.69, 9.17) is 4.74 Å². The van der Waals surface area contributed by atoms with Gasteiger partial charge in [-0.1, -0.05) is 6.07 Å². The van der Waals surface area contributed by atoms with E-state index in [2.05, 4.69) is 15.4 Å². The van der Waals surface area contributed by atoms with E-state index in [0.29, 0.717) is 24.4 Å². The van der Waals surface area contributed by atoms with Crippen molar-refractivity contribution in [2.24, 2.45) is 0 Å². The van der Waals surface area contributed by atoms with Gasteiger partial charge in [-0.05, 0) is 31.0 Å². The molecule has 1 aromatic rings. The molecule has 1 aromatic carbocycles. The number of ether oxygens (including phenoxy) is 2. The summed E-state index contributed by atoms with van der Waals surface area (Å²) in [5, 5.41) is 5.42. The van der Waals surface area contributed by atoms with Crippen LogP contribution in [0.3, 0.4) is 0 Å². The molecule has 0 aromatic heterocycles. The highest BCUT2D eigenvalue weighted by molar-refractivity contribution is 5.94. The fraction of sp³-hybridized carbons (Fsp3) is 0.429. The number of esters is 1. The Morgan fingerprint density at radius 1 is 1.25 bits per heavy atom. The number of urea groups is 1. The first-order chi connectivity index (χ1) is 9.58. The van der Waals surface area contributed by atoms with Crippen LogP contribution in [0.4, 0.5) is 10.5 Å². The van der Waals surface area contributed by atoms with Crippen LogP contribution >= 0.6 is 0 Å². The number of aryl methyl sites for hydroxylation is 1. The average molecular weight is 280 g/mol. The van der Waals surface area contributed by atoms with E-state index in [0.717, 1.165) is 12.0 Å². The maximum absolute atomic E-state index is 11.7. The molecule has 1 rings (SSSR count). The Balaban J connectivity index is 2.62. The molecule has 0 saturated carbocycles. The molecule has 0 unspecified atom stereocenters. The van der Waals surface area contributed by atoms with E-state index in [-0.39, 0.29) is 6.03 Å². The van der Waals surface area contributed by atoms with Crippen LogP contribution in [-0.4, -0.2) is 39.4 Å². The van der Waals surface area contributed by atoms with Crippen molar-refractivity contribution in [1.29, 1.82) is 0 Å². The summed E-state index contributed by atoms with van der Waals surface area (Å²) < 4.78 is 9.54. The molecule has 110 valence electrons. The quantitative estimate of drug-likeness (QED) is 0.616. The number of anilines is 1. The average Bonchev–Trinajstić information content (AvgIpc) is 2.45. The van der Waals surface area contributed by atoms with Crippen LogP contribution in [0, 0.1) is 6.92 Å². The van der Waals surface area contributed by atoms with Crippen molar-refractivity contribution in [3.05, 3.63) is 29.3 Å². The van der Waals surface area contributed by atoms with Crippen LogP contribution in [0.5, 0.6) is 0 Å². The molecule has 0 heterocycles. The summed E-state index contributed by atoms with van der Waals surface area (Å²) in [6, 6.07) is 4.69. The molecule has 0 bridgehead atoms. The van der Waals surface area contributed by atoms with Gasteiger partial charge in [-0.2, -0.15) is 0 Å². The monoisotopic (exact) mass is 280 g/mol. The number of carbonyl (C=O) groups excluding carboxylic acids is 2. The lowest BCUT2D eigenvalue weighted by molar-refractivity contribution is 0.0600. The van der Waals surface area contributed by atoms with Crippen molar-refractivity contribution < 1.29 is 19.1 Å². The highest BCUT2D eigenvalue weighted by atomic mass is 16.5. The standard InChI is InChI=1S/C14H20N2O4/c1-10-5-6-11(13(17)20-3)9-12(10)16-14(18)15-7-4-8-19-2/h5-6,9H,4,7-8H2,1-3H3,(H2,15,16,18). The lowest BCUT2D eigenvalue weighted by Gasteiger charge is -2.11. The van der Waals surface area contributed by atoms with Crippen molar-refractivity contribution >= 4 is 17.7 Å². The van der Waals surface area contributed by atoms with Crippen LogP contribution in [0.1, 0.15) is 22.3 Å². The minimum Gasteiger partial charge on any atom is -0.465 e. The van der Waals surface area contributed by atoms with Gasteiger partial charge in [0, 0.05) is 25.9 Å². The van der Waals surface area contributed by atoms with Gasteiger partial charge in [0.1, 0.15) is 0 Å². The SMILES string of the molecule is COCCCNC(=O)Nc1cc(C(=O)OC)ccc1C. The summed E-state index contributed by atoms with van der Waals surface area (Å²) in [7, 11) is 2.93. The van der Waals surface area contributed by atoms with E-state index in [1.165, 1.54) is 7.11 Å². The molecule has 6 heteroatoms. The van der Waals surface area contributed by atoms with Gasteiger partial charge < -0.3 is 20.1 Å². The van der Waals surface area contributed by atoms with Gasteiger partial charge in [0.05, 0.1) is 12.7 Å². The maximum Gasteiger partial charge on any atom is 0.337 e. The molecule has 0 aliphatic heterocycles. The highest BCUT2D eigenvalue weighted by Crippen LogP contribution is 2.17. The number of nitrogens with one attached hydrogen (secondary N) is 2. The van der Waals surface area contributed by atoms with Gasteiger partial charge >= 0.3 is 12.0 Å². The number of rotatable bonds is 6. The number of carbonyl (C=O) groups is 2. The summed E-state index contributed by atoms with van der Waals surface area (Å²) in [5.74, 6) is -0.437. The molecular weight excluding hydrogens is 260 g/mol. The van der Waals surface area contributed by atoms with E-state index in [9.17, 15) is 9.59 Å². The Bertz CT molecular complexity index is 474. The zero-order chi connectivity index (χ0) is 15.0. The molecular formula is C14H20N2O4. The molecule has 0 saturated heterocycles. The van der Waals surface area contributed by atoms with E-state index >= 15 is 0 Å². The Labute approximate surface area is 118 Å². The molecule has 0 spiro atoms. The maximum atomic E-state index is 11.7. The number of hydrogen-bond acceptors (Lipinski definition) is 4. The Hall–Kier alpha value is -2.08. The Morgan fingerprint density at radius 3 is 2.65 bits per heavy atom. The third kappa shape index (κ3) is 4.89. The topological polar surface area (TPSA) is 76.7 Å². The summed E-state index contributed by atoms with van der Waals surface area (Å²) in [4.78, 5) is 23.1. The summed E-state index contributed by atoms with van der Waals surface area (Å²) >= 11 is 0. The zero-order valence-corrected chi connectivity index (χ0v) is 12.0. The van der Waals surface area contributed by atoms with Crippen molar-refractivity contribution in [3.63, 3.8) is 0 Å². The van der Waals surface area contributed by atoms with Crippen molar-refractivity contribution in [2.45, 2.75) is 13.3 Å². The largest absolute Gasteiger partial charge is 0.465 e. The van der Waals surface area contributed by atoms with E-state index in [1.54, 1.807) is 25.3 Å². The second-order valence-electron chi connectivity index (χ2n) is 4.25. The van der Waals surface area contributed by atoms with Crippen LogP contribution in [0.25, 0.3) is 0 Å². The fourth-order valence-electron chi connectivity index (χ4n) is 1.59. The summed E-state index contributed by atoms with van der Waals surface area (Å²) in [5.41, 5.74) is 1.84. The Kier molecular flexibility index (Phi) is 6.52. The van der Waals surface area contributed by atoms with Crippen molar-refractivity contribution in [2.75, 3.05) is 32.7 Å². The first-order valence-corrected chi connectivity index (χ1v) is 6.31. The predicted octanol–water partition coefficient (Wildman–Crippen LogP) is 1.94. The smallest absolute Gasteiger partial charge is 0.337 e. The second-order valence-corrected chi connectivity index (χ2v) is 4.25. The molecule has 20 heavy (non-hydrogen) atoms.